The Morgan fingerprint density at radius 2 is 1.79 bits per heavy atom. The molecule has 1 aliphatic heterocycles. The number of likely N-dealkylation sites (tertiary alicyclic amines) is 1. The van der Waals surface area contributed by atoms with Crippen molar-refractivity contribution in [2.45, 2.75) is 59.5 Å². The first-order chi connectivity index (χ1) is 6.41. The molecule has 1 heteroatoms. The summed E-state index contributed by atoms with van der Waals surface area (Å²) in [4.78, 5) is 2.74. The van der Waals surface area contributed by atoms with Crippen molar-refractivity contribution in [3.63, 3.8) is 0 Å². The van der Waals surface area contributed by atoms with Crippen LogP contribution in [0.2, 0.25) is 0 Å². The summed E-state index contributed by atoms with van der Waals surface area (Å²) in [7, 11) is 0. The van der Waals surface area contributed by atoms with E-state index in [9.17, 15) is 0 Å². The second-order valence-corrected chi connectivity index (χ2v) is 6.59. The van der Waals surface area contributed by atoms with E-state index in [-0.39, 0.29) is 0 Å². The maximum absolute atomic E-state index is 2.74. The van der Waals surface area contributed by atoms with Crippen molar-refractivity contribution in [3.8, 4) is 0 Å². The SMILES string of the molecule is CC(C)N1CC2CCC1C2C(C)(C)C. The van der Waals surface area contributed by atoms with Gasteiger partial charge in [0.05, 0.1) is 0 Å². The van der Waals surface area contributed by atoms with Gasteiger partial charge in [0.2, 0.25) is 0 Å². The number of fused-ring (bicyclic) bond motifs is 2. The molecule has 14 heavy (non-hydrogen) atoms. The Kier molecular flexibility index (Phi) is 2.42. The summed E-state index contributed by atoms with van der Waals surface area (Å²) in [5.74, 6) is 1.94. The first kappa shape index (κ1) is 10.5. The number of piperidine rings is 1. The Bertz CT molecular complexity index is 214. The van der Waals surface area contributed by atoms with E-state index in [2.05, 4.69) is 39.5 Å². The highest BCUT2D eigenvalue weighted by molar-refractivity contribution is 5.03. The molecule has 3 unspecified atom stereocenters. The van der Waals surface area contributed by atoms with Gasteiger partial charge in [0.1, 0.15) is 0 Å². The van der Waals surface area contributed by atoms with Gasteiger partial charge in [-0.2, -0.15) is 0 Å². The molecule has 82 valence electrons. The minimum Gasteiger partial charge on any atom is -0.297 e. The third-order valence-corrected chi connectivity index (χ3v) is 4.29. The molecule has 0 aromatic carbocycles. The van der Waals surface area contributed by atoms with Crippen LogP contribution in [-0.2, 0) is 0 Å². The fourth-order valence-electron chi connectivity index (χ4n) is 3.92. The molecule has 3 atom stereocenters. The number of hydrogen-bond donors (Lipinski definition) is 0. The first-order valence-corrected chi connectivity index (χ1v) is 6.17. The van der Waals surface area contributed by atoms with Crippen LogP contribution in [0.4, 0.5) is 0 Å². The highest BCUT2D eigenvalue weighted by Crippen LogP contribution is 2.51. The Hall–Kier alpha value is -0.0400. The lowest BCUT2D eigenvalue weighted by atomic mass is 9.75. The third-order valence-electron chi connectivity index (χ3n) is 4.29. The molecule has 2 fully saturated rings. The first-order valence-electron chi connectivity index (χ1n) is 6.17. The predicted molar refractivity (Wildman–Crippen MR) is 61.3 cm³/mol. The van der Waals surface area contributed by atoms with E-state index in [1.54, 1.807) is 0 Å². The van der Waals surface area contributed by atoms with Crippen molar-refractivity contribution in [2.24, 2.45) is 17.3 Å². The van der Waals surface area contributed by atoms with Gasteiger partial charge in [0, 0.05) is 18.6 Å². The van der Waals surface area contributed by atoms with E-state index in [1.165, 1.54) is 19.4 Å². The maximum Gasteiger partial charge on any atom is 0.0135 e. The quantitative estimate of drug-likeness (QED) is 0.621. The molecular formula is C13H25N. The predicted octanol–water partition coefficient (Wildman–Crippen LogP) is 3.15. The van der Waals surface area contributed by atoms with E-state index in [1.807, 2.05) is 0 Å². The summed E-state index contributed by atoms with van der Waals surface area (Å²) >= 11 is 0. The van der Waals surface area contributed by atoms with Crippen LogP contribution in [0.5, 0.6) is 0 Å². The summed E-state index contributed by atoms with van der Waals surface area (Å²) in [5, 5.41) is 0. The second-order valence-electron chi connectivity index (χ2n) is 6.59. The normalized spacial score (nSPS) is 38.6. The largest absolute Gasteiger partial charge is 0.297 e. The van der Waals surface area contributed by atoms with Crippen molar-refractivity contribution in [1.29, 1.82) is 0 Å². The molecule has 1 heterocycles. The molecule has 0 amide bonds. The van der Waals surface area contributed by atoms with Gasteiger partial charge < -0.3 is 0 Å². The van der Waals surface area contributed by atoms with Gasteiger partial charge in [-0.05, 0) is 43.9 Å². The van der Waals surface area contributed by atoms with Gasteiger partial charge in [-0.25, -0.2) is 0 Å². The zero-order valence-electron chi connectivity index (χ0n) is 10.4. The molecule has 1 saturated carbocycles. The topological polar surface area (TPSA) is 3.24 Å². The van der Waals surface area contributed by atoms with E-state index in [4.69, 9.17) is 0 Å². The zero-order valence-corrected chi connectivity index (χ0v) is 10.4. The van der Waals surface area contributed by atoms with Crippen LogP contribution in [0.1, 0.15) is 47.5 Å². The Morgan fingerprint density at radius 3 is 2.14 bits per heavy atom. The van der Waals surface area contributed by atoms with Gasteiger partial charge in [0.25, 0.3) is 0 Å². The van der Waals surface area contributed by atoms with E-state index in [0.717, 1.165) is 23.9 Å². The zero-order chi connectivity index (χ0) is 10.5. The van der Waals surface area contributed by atoms with E-state index in [0.29, 0.717) is 5.41 Å². The van der Waals surface area contributed by atoms with Crippen LogP contribution < -0.4 is 0 Å². The van der Waals surface area contributed by atoms with Crippen molar-refractivity contribution in [3.05, 3.63) is 0 Å². The summed E-state index contributed by atoms with van der Waals surface area (Å²) in [6.07, 6.45) is 2.93. The summed E-state index contributed by atoms with van der Waals surface area (Å²) in [5.41, 5.74) is 0.509. The molecule has 0 aromatic rings. The molecule has 2 rings (SSSR count). The summed E-state index contributed by atoms with van der Waals surface area (Å²) in [6.45, 7) is 13.3. The van der Waals surface area contributed by atoms with Crippen molar-refractivity contribution >= 4 is 0 Å². The molecule has 1 saturated heterocycles. The maximum atomic E-state index is 2.74. The Balaban J connectivity index is 2.16. The minimum atomic E-state index is 0.509. The van der Waals surface area contributed by atoms with Gasteiger partial charge in [-0.15, -0.1) is 0 Å². The van der Waals surface area contributed by atoms with Crippen molar-refractivity contribution in [2.75, 3.05) is 6.54 Å². The second kappa shape index (κ2) is 3.23. The van der Waals surface area contributed by atoms with Crippen molar-refractivity contribution in [1.82, 2.24) is 4.90 Å². The average Bonchev–Trinajstić information content (AvgIpc) is 2.57. The van der Waals surface area contributed by atoms with Crippen LogP contribution in [0.25, 0.3) is 0 Å². The van der Waals surface area contributed by atoms with Crippen LogP contribution in [0.15, 0.2) is 0 Å². The highest BCUT2D eigenvalue weighted by Gasteiger charge is 2.51. The van der Waals surface area contributed by atoms with Crippen LogP contribution >= 0.6 is 0 Å². The molecule has 2 bridgehead atoms. The third kappa shape index (κ3) is 1.50. The molecule has 1 nitrogen and oxygen atoms in total. The monoisotopic (exact) mass is 195 g/mol. The summed E-state index contributed by atoms with van der Waals surface area (Å²) < 4.78 is 0. The fraction of sp³-hybridized carbons (Fsp3) is 1.00. The lowest BCUT2D eigenvalue weighted by molar-refractivity contribution is 0.136. The molecule has 0 radical (unpaired) electrons. The molecule has 1 aliphatic carbocycles. The Morgan fingerprint density at radius 1 is 1.14 bits per heavy atom. The summed E-state index contributed by atoms with van der Waals surface area (Å²) in [6, 6.07) is 1.63. The molecule has 2 aliphatic rings. The molecule has 0 aromatic heterocycles. The van der Waals surface area contributed by atoms with Gasteiger partial charge in [-0.1, -0.05) is 20.8 Å². The smallest absolute Gasteiger partial charge is 0.0135 e. The van der Waals surface area contributed by atoms with Crippen LogP contribution in [-0.4, -0.2) is 23.5 Å². The van der Waals surface area contributed by atoms with Gasteiger partial charge in [-0.3, -0.25) is 4.90 Å². The van der Waals surface area contributed by atoms with Gasteiger partial charge in [0.15, 0.2) is 0 Å². The lowest BCUT2D eigenvalue weighted by Gasteiger charge is -2.34. The van der Waals surface area contributed by atoms with E-state index >= 15 is 0 Å². The standard InChI is InChI=1S/C13H25N/c1-9(2)14-8-10-6-7-11(14)12(10)13(3,4)5/h9-12H,6-8H2,1-5H3. The van der Waals surface area contributed by atoms with E-state index < -0.39 is 0 Å². The van der Waals surface area contributed by atoms with Crippen LogP contribution in [0.3, 0.4) is 0 Å². The molecular weight excluding hydrogens is 170 g/mol. The van der Waals surface area contributed by atoms with Gasteiger partial charge >= 0.3 is 0 Å². The number of rotatable bonds is 1. The number of nitrogens with zero attached hydrogens (tertiary/aromatic N) is 1. The fourth-order valence-corrected chi connectivity index (χ4v) is 3.92. The molecule has 0 spiro atoms. The Labute approximate surface area is 88.9 Å². The minimum absolute atomic E-state index is 0.509. The van der Waals surface area contributed by atoms with Crippen molar-refractivity contribution < 1.29 is 0 Å². The highest BCUT2D eigenvalue weighted by atomic mass is 15.2. The number of hydrogen-bond acceptors (Lipinski definition) is 1. The molecule has 0 N–H and O–H groups in total. The lowest BCUT2D eigenvalue weighted by Crippen LogP contribution is -2.40. The van der Waals surface area contributed by atoms with Crippen LogP contribution in [0, 0.1) is 17.3 Å². The average molecular weight is 195 g/mol.